The molecule has 0 atom stereocenters. The maximum atomic E-state index is 3.37. The third-order valence-electron chi connectivity index (χ3n) is 2.11. The van der Waals surface area contributed by atoms with E-state index in [0.29, 0.717) is 0 Å². The van der Waals surface area contributed by atoms with Crippen LogP contribution < -0.4 is 8.85 Å². The van der Waals surface area contributed by atoms with Crippen LogP contribution in [0.3, 0.4) is 0 Å². The highest BCUT2D eigenvalue weighted by molar-refractivity contribution is 14.1. The Bertz CT molecular complexity index is 81.7. The van der Waals surface area contributed by atoms with Crippen LogP contribution in [0.1, 0.15) is 19.3 Å². The zero-order valence-corrected chi connectivity index (χ0v) is 8.36. The van der Waals surface area contributed by atoms with E-state index in [1.165, 1.54) is 38.9 Å². The van der Waals surface area contributed by atoms with E-state index in [4.69, 9.17) is 0 Å². The molecule has 1 heterocycles. The zero-order chi connectivity index (χ0) is 7.23. The predicted molar refractivity (Wildman–Crippen MR) is 52.2 cm³/mol. The molecule has 0 aromatic carbocycles. The van der Waals surface area contributed by atoms with Crippen molar-refractivity contribution in [2.75, 3.05) is 19.6 Å². The lowest BCUT2D eigenvalue weighted by Gasteiger charge is -2.21. The smallest absolute Gasteiger partial charge is 0.0169 e. The monoisotopic (exact) mass is 254 g/mol. The summed E-state index contributed by atoms with van der Waals surface area (Å²) in [5.74, 6) is 0.975. The van der Waals surface area contributed by atoms with Crippen molar-refractivity contribution in [1.29, 1.82) is 0 Å². The zero-order valence-electron chi connectivity index (χ0n) is 6.20. The molecule has 1 saturated heterocycles. The van der Waals surface area contributed by atoms with Gasteiger partial charge in [-0.05, 0) is 38.3 Å². The number of hydrogen-bond donors (Lipinski definition) is 2. The quantitative estimate of drug-likeness (QED) is 0.586. The van der Waals surface area contributed by atoms with Gasteiger partial charge in [0.05, 0.1) is 0 Å². The number of halogens is 1. The summed E-state index contributed by atoms with van der Waals surface area (Å²) in [5, 5.41) is 3.37. The highest BCUT2D eigenvalue weighted by atomic mass is 127. The average Bonchev–Trinajstić information content (AvgIpc) is 2.03. The molecule has 0 spiro atoms. The molecule has 10 heavy (non-hydrogen) atoms. The first-order valence-electron chi connectivity index (χ1n) is 3.97. The first-order chi connectivity index (χ1) is 4.93. The SMILES string of the molecule is INCCC1CCNCC1. The number of hydrogen-bond acceptors (Lipinski definition) is 2. The predicted octanol–water partition coefficient (Wildman–Crippen LogP) is 1.32. The minimum Gasteiger partial charge on any atom is -0.317 e. The van der Waals surface area contributed by atoms with Crippen molar-refractivity contribution in [3.63, 3.8) is 0 Å². The first kappa shape index (κ1) is 8.74. The molecule has 0 amide bonds. The van der Waals surface area contributed by atoms with Gasteiger partial charge in [-0.15, -0.1) is 0 Å². The van der Waals surface area contributed by atoms with Crippen molar-refractivity contribution in [2.24, 2.45) is 5.92 Å². The van der Waals surface area contributed by atoms with Crippen LogP contribution in [-0.4, -0.2) is 19.6 Å². The minimum atomic E-state index is 0.975. The Morgan fingerprint density at radius 1 is 1.40 bits per heavy atom. The van der Waals surface area contributed by atoms with E-state index in [-0.39, 0.29) is 0 Å². The number of nitrogens with one attached hydrogen (secondary N) is 2. The van der Waals surface area contributed by atoms with Crippen molar-refractivity contribution >= 4 is 22.9 Å². The second-order valence-electron chi connectivity index (χ2n) is 2.87. The highest BCUT2D eigenvalue weighted by Crippen LogP contribution is 2.14. The van der Waals surface area contributed by atoms with Gasteiger partial charge in [-0.1, -0.05) is 0 Å². The van der Waals surface area contributed by atoms with Gasteiger partial charge in [0.25, 0.3) is 0 Å². The molecule has 1 aliphatic heterocycles. The third-order valence-corrected chi connectivity index (χ3v) is 2.65. The van der Waals surface area contributed by atoms with E-state index in [9.17, 15) is 0 Å². The van der Waals surface area contributed by atoms with Gasteiger partial charge < -0.3 is 5.32 Å². The fourth-order valence-electron chi connectivity index (χ4n) is 1.43. The molecule has 0 aromatic heterocycles. The van der Waals surface area contributed by atoms with Gasteiger partial charge in [0, 0.05) is 29.4 Å². The molecule has 1 rings (SSSR count). The molecule has 0 saturated carbocycles. The van der Waals surface area contributed by atoms with E-state index in [0.717, 1.165) is 5.92 Å². The Morgan fingerprint density at radius 2 is 2.10 bits per heavy atom. The van der Waals surface area contributed by atoms with E-state index >= 15 is 0 Å². The third kappa shape index (κ3) is 3.16. The van der Waals surface area contributed by atoms with Crippen LogP contribution in [0, 0.1) is 5.92 Å². The van der Waals surface area contributed by atoms with Gasteiger partial charge in [-0.3, -0.25) is 3.53 Å². The summed E-state index contributed by atoms with van der Waals surface area (Å²) in [6.45, 7) is 3.63. The van der Waals surface area contributed by atoms with E-state index in [2.05, 4.69) is 31.7 Å². The second-order valence-corrected chi connectivity index (χ2v) is 3.63. The topological polar surface area (TPSA) is 24.1 Å². The van der Waals surface area contributed by atoms with Crippen molar-refractivity contribution in [3.05, 3.63) is 0 Å². The fraction of sp³-hybridized carbons (Fsp3) is 1.00. The molecule has 60 valence electrons. The Morgan fingerprint density at radius 3 is 2.70 bits per heavy atom. The molecule has 0 radical (unpaired) electrons. The lowest BCUT2D eigenvalue weighted by atomic mass is 9.95. The van der Waals surface area contributed by atoms with E-state index in [1.807, 2.05) is 0 Å². The van der Waals surface area contributed by atoms with Crippen LogP contribution in [0.25, 0.3) is 0 Å². The number of piperidine rings is 1. The lowest BCUT2D eigenvalue weighted by Crippen LogP contribution is -2.28. The molecular formula is C7H15IN2. The van der Waals surface area contributed by atoms with Crippen molar-refractivity contribution < 1.29 is 0 Å². The van der Waals surface area contributed by atoms with Crippen LogP contribution in [0.2, 0.25) is 0 Å². The summed E-state index contributed by atoms with van der Waals surface area (Å²) in [5.41, 5.74) is 0. The summed E-state index contributed by atoms with van der Waals surface area (Å²) >= 11 is 2.22. The molecule has 0 bridgehead atoms. The van der Waals surface area contributed by atoms with Gasteiger partial charge in [0.2, 0.25) is 0 Å². The maximum absolute atomic E-state index is 3.37. The molecule has 2 N–H and O–H groups in total. The molecule has 2 nitrogen and oxygen atoms in total. The molecular weight excluding hydrogens is 239 g/mol. The summed E-state index contributed by atoms with van der Waals surface area (Å²) in [4.78, 5) is 0. The molecule has 1 fully saturated rings. The van der Waals surface area contributed by atoms with E-state index < -0.39 is 0 Å². The summed E-state index contributed by atoms with van der Waals surface area (Å²) < 4.78 is 3.16. The Hall–Kier alpha value is 0.650. The fourth-order valence-corrected chi connectivity index (χ4v) is 1.74. The highest BCUT2D eigenvalue weighted by Gasteiger charge is 2.11. The molecule has 1 aliphatic rings. The van der Waals surface area contributed by atoms with Gasteiger partial charge in [-0.25, -0.2) is 0 Å². The normalized spacial score (nSPS) is 21.3. The Balaban J connectivity index is 2.02. The Labute approximate surface area is 76.6 Å². The lowest BCUT2D eigenvalue weighted by molar-refractivity contribution is 0.357. The van der Waals surface area contributed by atoms with E-state index in [1.54, 1.807) is 0 Å². The molecule has 3 heteroatoms. The van der Waals surface area contributed by atoms with Gasteiger partial charge >= 0.3 is 0 Å². The Kier molecular flexibility index (Phi) is 4.65. The van der Waals surface area contributed by atoms with Crippen LogP contribution in [0.4, 0.5) is 0 Å². The van der Waals surface area contributed by atoms with Crippen LogP contribution in [0.15, 0.2) is 0 Å². The van der Waals surface area contributed by atoms with Crippen LogP contribution >= 0.6 is 22.9 Å². The number of rotatable bonds is 3. The van der Waals surface area contributed by atoms with Crippen LogP contribution in [-0.2, 0) is 0 Å². The van der Waals surface area contributed by atoms with Gasteiger partial charge in [0.1, 0.15) is 0 Å². The van der Waals surface area contributed by atoms with Crippen molar-refractivity contribution in [2.45, 2.75) is 19.3 Å². The average molecular weight is 254 g/mol. The molecule has 0 aliphatic carbocycles. The van der Waals surface area contributed by atoms with Crippen molar-refractivity contribution in [1.82, 2.24) is 8.85 Å². The van der Waals surface area contributed by atoms with Gasteiger partial charge in [0.15, 0.2) is 0 Å². The summed E-state index contributed by atoms with van der Waals surface area (Å²) in [6.07, 6.45) is 4.10. The first-order valence-corrected chi connectivity index (χ1v) is 5.05. The van der Waals surface area contributed by atoms with Gasteiger partial charge in [-0.2, -0.15) is 0 Å². The summed E-state index contributed by atoms with van der Waals surface area (Å²) in [7, 11) is 0. The standard InChI is InChI=1S/C7H15IN2/c8-10-6-3-7-1-4-9-5-2-7/h7,9-10H,1-6H2. The maximum Gasteiger partial charge on any atom is 0.0169 e. The minimum absolute atomic E-state index is 0.975. The summed E-state index contributed by atoms with van der Waals surface area (Å²) in [6, 6.07) is 0. The molecule has 0 aromatic rings. The molecule has 0 unspecified atom stereocenters. The largest absolute Gasteiger partial charge is 0.317 e. The second kappa shape index (κ2) is 5.32. The van der Waals surface area contributed by atoms with Crippen molar-refractivity contribution in [3.8, 4) is 0 Å². The van der Waals surface area contributed by atoms with Crippen LogP contribution in [0.5, 0.6) is 0 Å².